The highest BCUT2D eigenvalue weighted by Gasteiger charge is 2.27. The normalized spacial score (nSPS) is 19.5. The second-order valence-electron chi connectivity index (χ2n) is 5.68. The van der Waals surface area contributed by atoms with E-state index in [1.165, 1.54) is 23.5 Å². The summed E-state index contributed by atoms with van der Waals surface area (Å²) in [7, 11) is -0.434. The summed E-state index contributed by atoms with van der Waals surface area (Å²) in [6.45, 7) is 0. The fourth-order valence-electron chi connectivity index (χ4n) is 3.14. The lowest BCUT2D eigenvalue weighted by molar-refractivity contribution is -0.118. The molecular formula is C19H21OP. The summed E-state index contributed by atoms with van der Waals surface area (Å²) in [6.07, 6.45) is 4.98. The van der Waals surface area contributed by atoms with Gasteiger partial charge in [-0.15, -0.1) is 0 Å². The Morgan fingerprint density at radius 2 is 1.38 bits per heavy atom. The smallest absolute Gasteiger partial charge is 0.133 e. The number of carbonyl (C=O) groups excluding carboxylic acids is 1. The molecule has 2 heteroatoms. The van der Waals surface area contributed by atoms with Gasteiger partial charge in [0.15, 0.2) is 0 Å². The Morgan fingerprint density at radius 3 is 1.95 bits per heavy atom. The Bertz CT molecular complexity index is 540. The second-order valence-corrected chi connectivity index (χ2v) is 8.19. The molecular weight excluding hydrogens is 275 g/mol. The van der Waals surface area contributed by atoms with Crippen LogP contribution in [0.15, 0.2) is 60.7 Å². The van der Waals surface area contributed by atoms with Gasteiger partial charge in [0.25, 0.3) is 0 Å². The predicted molar refractivity (Wildman–Crippen MR) is 91.0 cm³/mol. The summed E-state index contributed by atoms with van der Waals surface area (Å²) < 4.78 is 0. The van der Waals surface area contributed by atoms with Crippen LogP contribution in [0.3, 0.4) is 0 Å². The van der Waals surface area contributed by atoms with Crippen molar-refractivity contribution >= 4 is 24.3 Å². The molecule has 0 amide bonds. The van der Waals surface area contributed by atoms with E-state index in [9.17, 15) is 4.79 Å². The lowest BCUT2D eigenvalue weighted by Gasteiger charge is -2.27. The van der Waals surface area contributed by atoms with E-state index in [1.807, 2.05) is 0 Å². The minimum Gasteiger partial charge on any atom is -0.300 e. The lowest BCUT2D eigenvalue weighted by atomic mass is 10.2. The van der Waals surface area contributed by atoms with Gasteiger partial charge in [-0.05, 0) is 37.0 Å². The molecule has 1 aliphatic rings. The number of hydrogen-bond donors (Lipinski definition) is 0. The predicted octanol–water partition coefficient (Wildman–Crippen LogP) is 4.02. The van der Waals surface area contributed by atoms with Gasteiger partial charge in [-0.1, -0.05) is 67.1 Å². The van der Waals surface area contributed by atoms with Gasteiger partial charge in [-0.2, -0.15) is 0 Å². The number of carbonyl (C=O) groups is 1. The monoisotopic (exact) mass is 296 g/mol. The minimum atomic E-state index is -0.434. The first-order valence-corrected chi connectivity index (χ1v) is 9.17. The zero-order valence-corrected chi connectivity index (χ0v) is 13.1. The molecule has 1 unspecified atom stereocenters. The van der Waals surface area contributed by atoms with Crippen LogP contribution >= 0.6 is 7.92 Å². The Hall–Kier alpha value is -1.46. The number of hydrogen-bond acceptors (Lipinski definition) is 1. The van der Waals surface area contributed by atoms with Gasteiger partial charge in [0.1, 0.15) is 5.78 Å². The summed E-state index contributed by atoms with van der Waals surface area (Å²) in [5.74, 6) is 0.455. The van der Waals surface area contributed by atoms with E-state index in [0.29, 0.717) is 11.4 Å². The van der Waals surface area contributed by atoms with Crippen LogP contribution in [0.25, 0.3) is 0 Å². The Balaban J connectivity index is 1.98. The molecule has 0 N–H and O–H groups in total. The molecule has 2 aromatic rings. The van der Waals surface area contributed by atoms with E-state index in [1.54, 1.807) is 0 Å². The largest absolute Gasteiger partial charge is 0.300 e. The van der Waals surface area contributed by atoms with E-state index in [-0.39, 0.29) is 0 Å². The molecule has 2 aromatic carbocycles. The first kappa shape index (κ1) is 14.5. The van der Waals surface area contributed by atoms with Gasteiger partial charge < -0.3 is 0 Å². The van der Waals surface area contributed by atoms with E-state index in [4.69, 9.17) is 0 Å². The maximum absolute atomic E-state index is 12.1. The van der Waals surface area contributed by atoms with Crippen LogP contribution in [0.5, 0.6) is 0 Å². The summed E-state index contributed by atoms with van der Waals surface area (Å²) in [5, 5.41) is 2.80. The molecule has 1 fully saturated rings. The maximum Gasteiger partial charge on any atom is 0.133 e. The number of benzene rings is 2. The zero-order chi connectivity index (χ0) is 14.5. The third-order valence-electron chi connectivity index (χ3n) is 4.14. The van der Waals surface area contributed by atoms with Crippen molar-refractivity contribution < 1.29 is 4.79 Å². The van der Waals surface area contributed by atoms with Crippen LogP contribution in [0, 0.1) is 0 Å². The highest BCUT2D eigenvalue weighted by atomic mass is 31.1. The number of Topliss-reactive ketones (excluding diaryl/α,β-unsaturated/α-hetero) is 1. The van der Waals surface area contributed by atoms with E-state index < -0.39 is 7.92 Å². The first-order chi connectivity index (χ1) is 10.3. The van der Waals surface area contributed by atoms with Crippen molar-refractivity contribution in [1.82, 2.24) is 0 Å². The Labute approximate surface area is 128 Å². The lowest BCUT2D eigenvalue weighted by Crippen LogP contribution is -2.23. The Kier molecular flexibility index (Phi) is 4.83. The molecule has 0 radical (unpaired) electrons. The SMILES string of the molecule is O=C1CCCCC(P(c2ccccc2)c2ccccc2)C1. The van der Waals surface area contributed by atoms with Crippen LogP contribution < -0.4 is 10.6 Å². The van der Waals surface area contributed by atoms with Crippen molar-refractivity contribution in [3.8, 4) is 0 Å². The van der Waals surface area contributed by atoms with Crippen LogP contribution in [-0.4, -0.2) is 11.4 Å². The van der Waals surface area contributed by atoms with E-state index in [2.05, 4.69) is 60.7 Å². The molecule has 108 valence electrons. The summed E-state index contributed by atoms with van der Waals surface area (Å²) in [6, 6.07) is 21.5. The van der Waals surface area contributed by atoms with Crippen LogP contribution in [-0.2, 0) is 4.79 Å². The molecule has 1 aliphatic carbocycles. The number of ketones is 1. The summed E-state index contributed by atoms with van der Waals surface area (Å²) in [4.78, 5) is 12.1. The molecule has 1 atom stereocenters. The molecule has 0 spiro atoms. The molecule has 1 nitrogen and oxygen atoms in total. The standard InChI is InChI=1S/C19H21OP/c20-16-9-7-8-14-19(15-16)21(17-10-3-1-4-11-17)18-12-5-2-6-13-18/h1-6,10-13,19H,7-9,14-15H2. The first-order valence-electron chi connectivity index (χ1n) is 7.75. The fourth-order valence-corrected chi connectivity index (χ4v) is 6.09. The van der Waals surface area contributed by atoms with Gasteiger partial charge in [-0.25, -0.2) is 0 Å². The van der Waals surface area contributed by atoms with Crippen molar-refractivity contribution in [3.63, 3.8) is 0 Å². The summed E-state index contributed by atoms with van der Waals surface area (Å²) >= 11 is 0. The van der Waals surface area contributed by atoms with Gasteiger partial charge >= 0.3 is 0 Å². The molecule has 0 heterocycles. The topological polar surface area (TPSA) is 17.1 Å². The molecule has 0 aliphatic heterocycles. The quantitative estimate of drug-likeness (QED) is 0.617. The number of rotatable bonds is 3. The maximum atomic E-state index is 12.1. The average Bonchev–Trinajstić information content (AvgIpc) is 2.74. The van der Waals surface area contributed by atoms with Crippen molar-refractivity contribution in [3.05, 3.63) is 60.7 Å². The molecule has 0 bridgehead atoms. The third-order valence-corrected chi connectivity index (χ3v) is 7.02. The molecule has 21 heavy (non-hydrogen) atoms. The zero-order valence-electron chi connectivity index (χ0n) is 12.2. The average molecular weight is 296 g/mol. The molecule has 1 saturated carbocycles. The second kappa shape index (κ2) is 7.00. The van der Waals surface area contributed by atoms with Gasteiger partial charge in [0, 0.05) is 12.8 Å². The van der Waals surface area contributed by atoms with Gasteiger partial charge in [0.05, 0.1) is 0 Å². The van der Waals surface area contributed by atoms with Gasteiger partial charge in [-0.3, -0.25) is 4.79 Å². The van der Waals surface area contributed by atoms with E-state index in [0.717, 1.165) is 19.3 Å². The molecule has 3 rings (SSSR count). The van der Waals surface area contributed by atoms with Crippen LogP contribution in [0.4, 0.5) is 0 Å². The van der Waals surface area contributed by atoms with Gasteiger partial charge in [0.2, 0.25) is 0 Å². The Morgan fingerprint density at radius 1 is 0.810 bits per heavy atom. The molecule has 0 saturated heterocycles. The highest BCUT2D eigenvalue weighted by Crippen LogP contribution is 2.44. The summed E-state index contributed by atoms with van der Waals surface area (Å²) in [5.41, 5.74) is 0.500. The van der Waals surface area contributed by atoms with Crippen molar-refractivity contribution in [2.75, 3.05) is 0 Å². The van der Waals surface area contributed by atoms with Crippen molar-refractivity contribution in [2.24, 2.45) is 0 Å². The molecule has 0 aromatic heterocycles. The van der Waals surface area contributed by atoms with E-state index >= 15 is 0 Å². The van der Waals surface area contributed by atoms with Crippen LogP contribution in [0.1, 0.15) is 32.1 Å². The minimum absolute atomic E-state index is 0.434. The highest BCUT2D eigenvalue weighted by molar-refractivity contribution is 7.73. The van der Waals surface area contributed by atoms with Crippen molar-refractivity contribution in [1.29, 1.82) is 0 Å². The van der Waals surface area contributed by atoms with Crippen molar-refractivity contribution in [2.45, 2.75) is 37.8 Å². The third kappa shape index (κ3) is 3.60. The van der Waals surface area contributed by atoms with Crippen LogP contribution in [0.2, 0.25) is 0 Å². The fraction of sp³-hybridized carbons (Fsp3) is 0.316.